The third kappa shape index (κ3) is 5.58. The fourth-order valence-electron chi connectivity index (χ4n) is 4.66. The van der Waals surface area contributed by atoms with E-state index >= 15 is 0 Å². The van der Waals surface area contributed by atoms with Crippen LogP contribution in [0.1, 0.15) is 65.6 Å². The Labute approximate surface area is 189 Å². The first kappa shape index (κ1) is 22.1. The van der Waals surface area contributed by atoms with Crippen molar-refractivity contribution in [2.45, 2.75) is 64.0 Å². The second kappa shape index (κ2) is 10.5. The molecule has 1 saturated carbocycles. The van der Waals surface area contributed by atoms with Crippen molar-refractivity contribution in [3.8, 4) is 0 Å². The van der Waals surface area contributed by atoms with E-state index in [1.54, 1.807) is 6.07 Å². The smallest absolute Gasteiger partial charge is 0.254 e. The van der Waals surface area contributed by atoms with Gasteiger partial charge in [0.05, 0.1) is 16.3 Å². The fraction of sp³-hybridized carbons (Fsp3) is 0.480. The molecular formula is C25H31ClFN3O. The van der Waals surface area contributed by atoms with Crippen LogP contribution in [0.15, 0.2) is 30.3 Å². The van der Waals surface area contributed by atoms with E-state index in [9.17, 15) is 9.18 Å². The second-order valence-electron chi connectivity index (χ2n) is 8.64. The lowest BCUT2D eigenvalue weighted by molar-refractivity contribution is 0.0929. The number of hydrogen-bond acceptors (Lipinski definition) is 3. The lowest BCUT2D eigenvalue weighted by atomic mass is 10.0. The minimum Gasteiger partial charge on any atom is -0.380 e. The Bertz CT molecular complexity index is 925. The molecule has 0 saturated heterocycles. The van der Waals surface area contributed by atoms with Gasteiger partial charge in [0, 0.05) is 12.6 Å². The van der Waals surface area contributed by atoms with Crippen molar-refractivity contribution in [3.63, 3.8) is 0 Å². The lowest BCUT2D eigenvalue weighted by Gasteiger charge is -2.17. The average Bonchev–Trinajstić information content (AvgIpc) is 3.16. The van der Waals surface area contributed by atoms with Crippen LogP contribution >= 0.6 is 11.6 Å². The number of benzene rings is 2. The molecule has 4 nitrogen and oxygen atoms in total. The van der Waals surface area contributed by atoms with Crippen LogP contribution in [-0.2, 0) is 19.4 Å². The van der Waals surface area contributed by atoms with Gasteiger partial charge in [-0.15, -0.1) is 0 Å². The van der Waals surface area contributed by atoms with Crippen molar-refractivity contribution in [1.29, 1.82) is 0 Å². The van der Waals surface area contributed by atoms with E-state index in [-0.39, 0.29) is 17.5 Å². The molecule has 0 bridgehead atoms. The van der Waals surface area contributed by atoms with Gasteiger partial charge in [0.1, 0.15) is 5.82 Å². The molecule has 0 radical (unpaired) electrons. The zero-order chi connectivity index (χ0) is 21.6. The van der Waals surface area contributed by atoms with E-state index in [0.29, 0.717) is 11.6 Å². The van der Waals surface area contributed by atoms with E-state index in [2.05, 4.69) is 22.0 Å². The highest BCUT2D eigenvalue weighted by Gasteiger charge is 2.19. The predicted molar refractivity (Wildman–Crippen MR) is 124 cm³/mol. The summed E-state index contributed by atoms with van der Waals surface area (Å²) in [6.45, 7) is 2.33. The van der Waals surface area contributed by atoms with E-state index in [1.165, 1.54) is 30.0 Å². The number of nitrogens with one attached hydrogen (secondary N) is 3. The summed E-state index contributed by atoms with van der Waals surface area (Å²) in [6, 6.07) is 9.03. The Hall–Kier alpha value is -2.11. The molecule has 0 atom stereocenters. The normalized spacial score (nSPS) is 17.4. The van der Waals surface area contributed by atoms with Crippen LogP contribution in [0.2, 0.25) is 5.02 Å². The molecule has 166 valence electrons. The minimum atomic E-state index is -0.479. The van der Waals surface area contributed by atoms with Gasteiger partial charge in [-0.25, -0.2) is 4.39 Å². The number of carbonyl (C=O) groups excluding carboxylic acids is 1. The summed E-state index contributed by atoms with van der Waals surface area (Å²) >= 11 is 6.47. The zero-order valence-electron chi connectivity index (χ0n) is 17.9. The SMILES string of the molecule is O=C(NC1CCCCCC1)c1ccc(CNc2c(Cl)ccc3c2CCNCC3)cc1F. The molecule has 4 rings (SSSR count). The van der Waals surface area contributed by atoms with Gasteiger partial charge in [0.2, 0.25) is 0 Å². The maximum atomic E-state index is 14.7. The summed E-state index contributed by atoms with van der Waals surface area (Å²) in [7, 11) is 0. The first-order valence-electron chi connectivity index (χ1n) is 11.5. The molecule has 0 unspecified atom stereocenters. The summed E-state index contributed by atoms with van der Waals surface area (Å²) in [5.74, 6) is -0.791. The van der Waals surface area contributed by atoms with Crippen molar-refractivity contribution in [2.24, 2.45) is 0 Å². The first-order chi connectivity index (χ1) is 15.1. The summed E-state index contributed by atoms with van der Waals surface area (Å²) in [5.41, 5.74) is 4.36. The molecule has 2 aromatic carbocycles. The molecule has 1 fully saturated rings. The Kier molecular flexibility index (Phi) is 7.46. The number of rotatable bonds is 5. The van der Waals surface area contributed by atoms with E-state index in [1.807, 2.05) is 12.1 Å². The minimum absolute atomic E-state index is 0.116. The van der Waals surface area contributed by atoms with Gasteiger partial charge in [-0.05, 0) is 73.7 Å². The summed E-state index contributed by atoms with van der Waals surface area (Å²) in [4.78, 5) is 12.6. The van der Waals surface area contributed by atoms with Gasteiger partial charge in [0.15, 0.2) is 0 Å². The molecule has 2 aromatic rings. The topological polar surface area (TPSA) is 53.2 Å². The molecule has 6 heteroatoms. The van der Waals surface area contributed by atoms with Gasteiger partial charge in [-0.1, -0.05) is 49.4 Å². The van der Waals surface area contributed by atoms with E-state index in [0.717, 1.165) is 62.9 Å². The Morgan fingerprint density at radius 2 is 1.84 bits per heavy atom. The van der Waals surface area contributed by atoms with Crippen LogP contribution in [0, 0.1) is 5.82 Å². The van der Waals surface area contributed by atoms with Crippen molar-refractivity contribution >= 4 is 23.2 Å². The Morgan fingerprint density at radius 1 is 1.06 bits per heavy atom. The number of amides is 1. The van der Waals surface area contributed by atoms with Crippen LogP contribution in [-0.4, -0.2) is 25.0 Å². The zero-order valence-corrected chi connectivity index (χ0v) is 18.7. The van der Waals surface area contributed by atoms with Crippen molar-refractivity contribution in [1.82, 2.24) is 10.6 Å². The molecule has 1 aliphatic heterocycles. The third-order valence-corrected chi connectivity index (χ3v) is 6.73. The quantitative estimate of drug-likeness (QED) is 0.554. The van der Waals surface area contributed by atoms with Crippen molar-refractivity contribution < 1.29 is 9.18 Å². The van der Waals surface area contributed by atoms with Crippen LogP contribution in [0.25, 0.3) is 0 Å². The number of anilines is 1. The van der Waals surface area contributed by atoms with Gasteiger partial charge in [-0.3, -0.25) is 4.79 Å². The molecule has 2 aliphatic rings. The summed E-state index contributed by atoms with van der Waals surface area (Å²) < 4.78 is 14.7. The largest absolute Gasteiger partial charge is 0.380 e. The van der Waals surface area contributed by atoms with Crippen LogP contribution < -0.4 is 16.0 Å². The van der Waals surface area contributed by atoms with Gasteiger partial charge in [-0.2, -0.15) is 0 Å². The molecule has 1 heterocycles. The first-order valence-corrected chi connectivity index (χ1v) is 11.8. The van der Waals surface area contributed by atoms with Gasteiger partial charge in [0.25, 0.3) is 5.91 Å². The fourth-order valence-corrected chi connectivity index (χ4v) is 4.91. The number of carbonyl (C=O) groups is 1. The van der Waals surface area contributed by atoms with Crippen LogP contribution in [0.5, 0.6) is 0 Å². The summed E-state index contributed by atoms with van der Waals surface area (Å²) in [6.07, 6.45) is 8.52. The Morgan fingerprint density at radius 3 is 2.61 bits per heavy atom. The Balaban J connectivity index is 1.43. The standard InChI is InChI=1S/C25H31ClFN3O/c26-22-10-8-18-11-13-28-14-12-20(18)24(22)29-16-17-7-9-21(23(27)15-17)25(31)30-19-5-3-1-2-4-6-19/h7-10,15,19,28-29H,1-6,11-14,16H2,(H,30,31). The van der Waals surface area contributed by atoms with Crippen LogP contribution in [0.4, 0.5) is 10.1 Å². The highest BCUT2D eigenvalue weighted by molar-refractivity contribution is 6.33. The van der Waals surface area contributed by atoms with Crippen molar-refractivity contribution in [2.75, 3.05) is 18.4 Å². The molecular weight excluding hydrogens is 413 g/mol. The highest BCUT2D eigenvalue weighted by Crippen LogP contribution is 2.31. The molecule has 1 aliphatic carbocycles. The van der Waals surface area contributed by atoms with Gasteiger partial charge >= 0.3 is 0 Å². The number of hydrogen-bond donors (Lipinski definition) is 3. The van der Waals surface area contributed by atoms with E-state index in [4.69, 9.17) is 11.6 Å². The predicted octanol–water partition coefficient (Wildman–Crippen LogP) is 5.23. The molecule has 0 aromatic heterocycles. The monoisotopic (exact) mass is 443 g/mol. The number of fused-ring (bicyclic) bond motifs is 1. The van der Waals surface area contributed by atoms with Gasteiger partial charge < -0.3 is 16.0 Å². The highest BCUT2D eigenvalue weighted by atomic mass is 35.5. The molecule has 3 N–H and O–H groups in total. The molecule has 0 spiro atoms. The molecule has 1 amide bonds. The van der Waals surface area contributed by atoms with Crippen LogP contribution in [0.3, 0.4) is 0 Å². The van der Waals surface area contributed by atoms with Crippen molar-refractivity contribution in [3.05, 3.63) is 63.4 Å². The third-order valence-electron chi connectivity index (χ3n) is 6.42. The second-order valence-corrected chi connectivity index (χ2v) is 9.05. The maximum Gasteiger partial charge on any atom is 0.254 e. The van der Waals surface area contributed by atoms with E-state index < -0.39 is 5.82 Å². The number of halogens is 2. The maximum absolute atomic E-state index is 14.7. The summed E-state index contributed by atoms with van der Waals surface area (Å²) in [5, 5.41) is 10.5. The lowest BCUT2D eigenvalue weighted by Crippen LogP contribution is -2.34. The molecule has 31 heavy (non-hydrogen) atoms. The average molecular weight is 444 g/mol.